The van der Waals surface area contributed by atoms with Crippen LogP contribution in [0, 0.1) is 0 Å². The summed E-state index contributed by atoms with van der Waals surface area (Å²) in [6.07, 6.45) is 3.81. The molecule has 2 fully saturated rings. The number of aliphatic carboxylic acids is 1. The number of unbranched alkanes of at least 4 members (excludes halogenated alkanes) is 1. The van der Waals surface area contributed by atoms with Gasteiger partial charge in [-0.05, 0) is 48.9 Å². The van der Waals surface area contributed by atoms with Crippen LogP contribution < -0.4 is 5.32 Å². The van der Waals surface area contributed by atoms with Crippen molar-refractivity contribution in [3.8, 4) is 0 Å². The molecule has 0 aromatic heterocycles. The second kappa shape index (κ2) is 15.3. The van der Waals surface area contributed by atoms with E-state index in [4.69, 9.17) is 19.3 Å². The van der Waals surface area contributed by atoms with E-state index >= 15 is 0 Å². The molecule has 0 aliphatic carbocycles. The molecule has 0 spiro atoms. The van der Waals surface area contributed by atoms with Gasteiger partial charge in [0.05, 0.1) is 25.4 Å². The molecular formula is C31H42N2O7. The van der Waals surface area contributed by atoms with Crippen LogP contribution in [0.2, 0.25) is 0 Å². The minimum Gasteiger partial charge on any atom is -0.481 e. The van der Waals surface area contributed by atoms with E-state index in [9.17, 15) is 14.7 Å². The van der Waals surface area contributed by atoms with Crippen molar-refractivity contribution in [3.63, 3.8) is 0 Å². The zero-order chi connectivity index (χ0) is 28.3. The molecule has 2 heterocycles. The molecule has 9 nitrogen and oxygen atoms in total. The van der Waals surface area contributed by atoms with Gasteiger partial charge in [-0.3, -0.25) is 14.5 Å². The zero-order valence-corrected chi connectivity index (χ0v) is 23.3. The lowest BCUT2D eigenvalue weighted by atomic mass is 9.99. The molecule has 2 saturated heterocycles. The number of likely N-dealkylation sites (tertiary alicyclic amines) is 1. The number of carboxylic acid groups (broad SMARTS) is 1. The Morgan fingerprint density at radius 3 is 2.40 bits per heavy atom. The fraction of sp³-hybridized carbons (Fsp3) is 0.548. The number of aliphatic hydroxyl groups excluding tert-OH is 1. The van der Waals surface area contributed by atoms with Crippen LogP contribution in [0.25, 0.3) is 0 Å². The van der Waals surface area contributed by atoms with E-state index in [1.54, 1.807) is 7.11 Å². The van der Waals surface area contributed by atoms with Crippen molar-refractivity contribution in [2.24, 2.45) is 0 Å². The molecule has 0 bridgehead atoms. The predicted octanol–water partition coefficient (Wildman–Crippen LogP) is 4.10. The van der Waals surface area contributed by atoms with Gasteiger partial charge in [-0.2, -0.15) is 0 Å². The summed E-state index contributed by atoms with van der Waals surface area (Å²) in [6, 6.07) is 16.2. The lowest BCUT2D eigenvalue weighted by Crippen LogP contribution is -2.42. The second-order valence-electron chi connectivity index (χ2n) is 10.7. The first-order chi connectivity index (χ1) is 19.4. The van der Waals surface area contributed by atoms with Crippen LogP contribution in [0.15, 0.2) is 48.5 Å². The summed E-state index contributed by atoms with van der Waals surface area (Å²) in [5.74, 6) is -0.921. The number of hydrogen-bond donors (Lipinski definition) is 3. The number of carbonyl (C=O) groups is 2. The van der Waals surface area contributed by atoms with Gasteiger partial charge in [0.25, 0.3) is 0 Å². The summed E-state index contributed by atoms with van der Waals surface area (Å²) in [5, 5.41) is 21.1. The van der Waals surface area contributed by atoms with Crippen LogP contribution in [-0.4, -0.2) is 65.9 Å². The number of methoxy groups -OCH3 is 1. The summed E-state index contributed by atoms with van der Waals surface area (Å²) in [5.41, 5.74) is 3.81. The third-order valence-electron chi connectivity index (χ3n) is 7.70. The number of carboxylic acids is 1. The Balaban J connectivity index is 1.39. The standard InChI is InChI=1S/C31H42N2O7/c1-38-21-26-5-4-16-33(26)19-27-17-28(24-12-10-23(20-34)11-13-24)40-31(39-27)25-14-8-22(9-15-25)18-32-29(35)6-2-3-7-30(36)37/h8-15,26-28,31,34H,2-7,16-21H2,1H3,(H,32,35)(H,36,37). The van der Waals surface area contributed by atoms with Gasteiger partial charge in [0, 0.05) is 51.1 Å². The van der Waals surface area contributed by atoms with Crippen LogP contribution >= 0.6 is 0 Å². The van der Waals surface area contributed by atoms with Crippen LogP contribution in [-0.2, 0) is 37.0 Å². The van der Waals surface area contributed by atoms with E-state index in [2.05, 4.69) is 10.2 Å². The zero-order valence-electron chi connectivity index (χ0n) is 23.3. The van der Waals surface area contributed by atoms with Gasteiger partial charge in [0.2, 0.25) is 5.91 Å². The van der Waals surface area contributed by atoms with Crippen molar-refractivity contribution in [1.29, 1.82) is 0 Å². The molecule has 40 heavy (non-hydrogen) atoms. The molecule has 2 aromatic carbocycles. The largest absolute Gasteiger partial charge is 0.481 e. The minimum absolute atomic E-state index is 0.00748. The summed E-state index contributed by atoms with van der Waals surface area (Å²) in [7, 11) is 1.75. The lowest BCUT2D eigenvalue weighted by molar-refractivity contribution is -0.253. The van der Waals surface area contributed by atoms with E-state index in [0.717, 1.165) is 61.2 Å². The summed E-state index contributed by atoms with van der Waals surface area (Å²) < 4.78 is 18.4. The van der Waals surface area contributed by atoms with Gasteiger partial charge in [-0.1, -0.05) is 48.5 Å². The quantitative estimate of drug-likeness (QED) is 0.299. The number of aliphatic hydroxyl groups is 1. The monoisotopic (exact) mass is 554 g/mol. The maximum absolute atomic E-state index is 12.1. The number of rotatable bonds is 14. The van der Waals surface area contributed by atoms with Crippen molar-refractivity contribution in [1.82, 2.24) is 10.2 Å². The Bertz CT molecular complexity index is 1080. The molecular weight excluding hydrogens is 512 g/mol. The van der Waals surface area contributed by atoms with Crippen molar-refractivity contribution < 1.29 is 34.0 Å². The Morgan fingerprint density at radius 2 is 1.70 bits per heavy atom. The van der Waals surface area contributed by atoms with Gasteiger partial charge >= 0.3 is 5.97 Å². The Labute approximate surface area is 236 Å². The highest BCUT2D eigenvalue weighted by Crippen LogP contribution is 2.38. The highest BCUT2D eigenvalue weighted by atomic mass is 16.7. The SMILES string of the molecule is COCC1CCCN1CC1CC(c2ccc(CO)cc2)OC(c2ccc(CNC(=O)CCCCC(=O)O)cc2)O1. The number of benzene rings is 2. The molecule has 4 rings (SSSR count). The van der Waals surface area contributed by atoms with Gasteiger partial charge < -0.3 is 29.7 Å². The number of nitrogens with one attached hydrogen (secondary N) is 1. The first kappa shape index (κ1) is 30.1. The first-order valence-electron chi connectivity index (χ1n) is 14.3. The summed E-state index contributed by atoms with van der Waals surface area (Å²) >= 11 is 0. The number of nitrogens with zero attached hydrogens (tertiary/aromatic N) is 1. The van der Waals surface area contributed by atoms with Gasteiger partial charge in [-0.15, -0.1) is 0 Å². The number of hydrogen-bond acceptors (Lipinski definition) is 7. The molecule has 2 aliphatic heterocycles. The Morgan fingerprint density at radius 1 is 1.00 bits per heavy atom. The molecule has 2 aliphatic rings. The first-order valence-corrected chi connectivity index (χ1v) is 14.3. The van der Waals surface area contributed by atoms with E-state index in [1.807, 2.05) is 48.5 Å². The van der Waals surface area contributed by atoms with E-state index in [0.29, 0.717) is 31.8 Å². The smallest absolute Gasteiger partial charge is 0.303 e. The Kier molecular flexibility index (Phi) is 11.5. The molecule has 218 valence electrons. The fourth-order valence-corrected chi connectivity index (χ4v) is 5.45. The highest BCUT2D eigenvalue weighted by Gasteiger charge is 2.35. The molecule has 4 unspecified atom stereocenters. The number of carbonyl (C=O) groups excluding carboxylic acids is 1. The summed E-state index contributed by atoms with van der Waals surface area (Å²) in [6.45, 7) is 2.99. The van der Waals surface area contributed by atoms with Gasteiger partial charge in [-0.25, -0.2) is 0 Å². The third-order valence-corrected chi connectivity index (χ3v) is 7.70. The third kappa shape index (κ3) is 8.84. The van der Waals surface area contributed by atoms with E-state index in [-0.39, 0.29) is 31.1 Å². The minimum atomic E-state index is -0.838. The maximum Gasteiger partial charge on any atom is 0.303 e. The molecule has 4 atom stereocenters. The molecule has 0 radical (unpaired) electrons. The van der Waals surface area contributed by atoms with Crippen LogP contribution in [0.1, 0.15) is 79.6 Å². The Hall–Kier alpha value is -2.82. The van der Waals surface area contributed by atoms with E-state index in [1.165, 1.54) is 0 Å². The van der Waals surface area contributed by atoms with E-state index < -0.39 is 12.3 Å². The predicted molar refractivity (Wildman–Crippen MR) is 149 cm³/mol. The second-order valence-corrected chi connectivity index (χ2v) is 10.7. The van der Waals surface area contributed by atoms with Gasteiger partial charge in [0.1, 0.15) is 0 Å². The normalized spacial score (nSPS) is 23.2. The van der Waals surface area contributed by atoms with Crippen LogP contribution in [0.3, 0.4) is 0 Å². The van der Waals surface area contributed by atoms with Gasteiger partial charge in [0.15, 0.2) is 6.29 Å². The number of amides is 1. The van der Waals surface area contributed by atoms with Crippen molar-refractivity contribution in [2.75, 3.05) is 26.8 Å². The average Bonchev–Trinajstić information content (AvgIpc) is 3.40. The maximum atomic E-state index is 12.1. The van der Waals surface area contributed by atoms with Crippen LogP contribution in [0.4, 0.5) is 0 Å². The molecule has 0 saturated carbocycles. The van der Waals surface area contributed by atoms with Crippen molar-refractivity contribution in [3.05, 3.63) is 70.8 Å². The lowest BCUT2D eigenvalue weighted by Gasteiger charge is -2.38. The van der Waals surface area contributed by atoms with Crippen molar-refractivity contribution in [2.45, 2.75) is 82.6 Å². The molecule has 2 aromatic rings. The summed E-state index contributed by atoms with van der Waals surface area (Å²) in [4.78, 5) is 25.2. The molecule has 3 N–H and O–H groups in total. The highest BCUT2D eigenvalue weighted by molar-refractivity contribution is 5.75. The molecule has 9 heteroatoms. The number of ether oxygens (including phenoxy) is 3. The molecule has 1 amide bonds. The van der Waals surface area contributed by atoms with Crippen LogP contribution in [0.5, 0.6) is 0 Å². The van der Waals surface area contributed by atoms with Crippen molar-refractivity contribution >= 4 is 11.9 Å². The fourth-order valence-electron chi connectivity index (χ4n) is 5.45. The average molecular weight is 555 g/mol. The topological polar surface area (TPSA) is 118 Å².